The molecular weight excluding hydrogens is 220 g/mol. The molecule has 0 aliphatic heterocycles. The zero-order chi connectivity index (χ0) is 12.6. The minimum absolute atomic E-state index is 0.482. The fourth-order valence-corrected chi connectivity index (χ4v) is 4.01. The number of benzene rings is 1. The van der Waals surface area contributed by atoms with E-state index in [0.717, 1.165) is 25.2 Å². The maximum atomic E-state index is 11.2. The highest BCUT2D eigenvalue weighted by Crippen LogP contribution is 2.46. The summed E-state index contributed by atoms with van der Waals surface area (Å²) in [6, 6.07) is 8.55. The second-order valence-corrected chi connectivity index (χ2v) is 6.39. The summed E-state index contributed by atoms with van der Waals surface area (Å²) in [5.74, 6) is 1.33. The smallest absolute Gasteiger partial charge is 0.0927 e. The highest BCUT2D eigenvalue weighted by molar-refractivity contribution is 5.35. The first-order chi connectivity index (χ1) is 8.70. The molecule has 0 aromatic heterocycles. The van der Waals surface area contributed by atoms with Crippen LogP contribution in [0.3, 0.4) is 0 Å². The summed E-state index contributed by atoms with van der Waals surface area (Å²) in [7, 11) is 0. The molecule has 0 heterocycles. The molecule has 0 radical (unpaired) electrons. The van der Waals surface area contributed by atoms with Crippen LogP contribution in [0.25, 0.3) is 0 Å². The molecule has 98 valence electrons. The molecule has 1 N–H and O–H groups in total. The lowest BCUT2D eigenvalue weighted by atomic mass is 9.66. The van der Waals surface area contributed by atoms with Crippen molar-refractivity contribution in [2.45, 2.75) is 57.5 Å². The Bertz CT molecular complexity index is 417. The molecule has 1 aromatic carbocycles. The van der Waals surface area contributed by atoms with Crippen LogP contribution in [0.1, 0.15) is 56.6 Å². The second kappa shape index (κ2) is 4.70. The van der Waals surface area contributed by atoms with Gasteiger partial charge in [0, 0.05) is 0 Å². The van der Waals surface area contributed by atoms with Gasteiger partial charge in [-0.2, -0.15) is 0 Å². The quantitative estimate of drug-likeness (QED) is 0.790. The number of fused-ring (bicyclic) bond motifs is 1. The van der Waals surface area contributed by atoms with E-state index < -0.39 is 5.60 Å². The summed E-state index contributed by atoms with van der Waals surface area (Å²) in [4.78, 5) is 0. The Labute approximate surface area is 110 Å². The molecule has 0 bridgehead atoms. The highest BCUT2D eigenvalue weighted by atomic mass is 16.3. The normalized spacial score (nSPS) is 36.1. The molecule has 1 aromatic rings. The van der Waals surface area contributed by atoms with Crippen LogP contribution in [0.15, 0.2) is 24.3 Å². The second-order valence-electron chi connectivity index (χ2n) is 6.39. The fourth-order valence-electron chi connectivity index (χ4n) is 4.01. The van der Waals surface area contributed by atoms with E-state index in [9.17, 15) is 5.11 Å². The zero-order valence-corrected chi connectivity index (χ0v) is 11.4. The van der Waals surface area contributed by atoms with E-state index in [1.807, 2.05) is 0 Å². The van der Waals surface area contributed by atoms with Crippen molar-refractivity contribution >= 4 is 0 Å². The first-order valence-electron chi connectivity index (χ1n) is 7.51. The molecule has 0 saturated heterocycles. The van der Waals surface area contributed by atoms with Gasteiger partial charge in [-0.3, -0.25) is 0 Å². The lowest BCUT2D eigenvalue weighted by Crippen LogP contribution is -2.40. The predicted molar refractivity (Wildman–Crippen MR) is 74.4 cm³/mol. The summed E-state index contributed by atoms with van der Waals surface area (Å²) in [6.45, 7) is 2.34. The average molecular weight is 244 g/mol. The number of aryl methyl sites for hydroxylation is 1. The van der Waals surface area contributed by atoms with Crippen LogP contribution in [0.4, 0.5) is 0 Å². The number of rotatable bonds is 1. The molecule has 1 atom stereocenters. The molecule has 1 fully saturated rings. The summed E-state index contributed by atoms with van der Waals surface area (Å²) in [5.41, 5.74) is 2.08. The van der Waals surface area contributed by atoms with Crippen LogP contribution in [-0.4, -0.2) is 5.11 Å². The average Bonchev–Trinajstić information content (AvgIpc) is 2.40. The Morgan fingerprint density at radius 3 is 2.61 bits per heavy atom. The van der Waals surface area contributed by atoms with E-state index in [2.05, 4.69) is 31.2 Å². The van der Waals surface area contributed by atoms with Gasteiger partial charge in [0.2, 0.25) is 0 Å². The topological polar surface area (TPSA) is 20.2 Å². The van der Waals surface area contributed by atoms with Gasteiger partial charge in [0.25, 0.3) is 0 Å². The van der Waals surface area contributed by atoms with Crippen molar-refractivity contribution < 1.29 is 5.11 Å². The molecule has 2 aliphatic carbocycles. The first kappa shape index (κ1) is 12.2. The lowest BCUT2D eigenvalue weighted by molar-refractivity contribution is -0.0567. The monoisotopic (exact) mass is 244 g/mol. The van der Waals surface area contributed by atoms with Crippen molar-refractivity contribution in [3.63, 3.8) is 0 Å². The van der Waals surface area contributed by atoms with Gasteiger partial charge in [0.05, 0.1) is 5.60 Å². The van der Waals surface area contributed by atoms with Crippen LogP contribution < -0.4 is 0 Å². The molecule has 1 saturated carbocycles. The molecule has 3 rings (SSSR count). The Morgan fingerprint density at radius 2 is 1.83 bits per heavy atom. The molecule has 18 heavy (non-hydrogen) atoms. The van der Waals surface area contributed by atoms with E-state index >= 15 is 0 Å². The Hall–Kier alpha value is -0.820. The van der Waals surface area contributed by atoms with Crippen molar-refractivity contribution in [1.82, 2.24) is 0 Å². The van der Waals surface area contributed by atoms with E-state index in [1.54, 1.807) is 0 Å². The van der Waals surface area contributed by atoms with Crippen LogP contribution >= 0.6 is 0 Å². The number of hydrogen-bond acceptors (Lipinski definition) is 1. The molecule has 2 aliphatic rings. The first-order valence-corrected chi connectivity index (χ1v) is 7.51. The van der Waals surface area contributed by atoms with E-state index in [1.165, 1.54) is 36.8 Å². The molecule has 1 heteroatoms. The van der Waals surface area contributed by atoms with E-state index in [-0.39, 0.29) is 0 Å². The van der Waals surface area contributed by atoms with Crippen LogP contribution in [0, 0.1) is 11.8 Å². The highest BCUT2D eigenvalue weighted by Gasteiger charge is 2.42. The summed E-state index contributed by atoms with van der Waals surface area (Å²) in [6.07, 6.45) is 8.21. The van der Waals surface area contributed by atoms with Gasteiger partial charge in [-0.1, -0.05) is 44.0 Å². The summed E-state index contributed by atoms with van der Waals surface area (Å²) >= 11 is 0. The Morgan fingerprint density at radius 1 is 1.11 bits per heavy atom. The van der Waals surface area contributed by atoms with Crippen molar-refractivity contribution in [2.24, 2.45) is 11.8 Å². The maximum absolute atomic E-state index is 11.2. The SMILES string of the molecule is CC1CCC(C2(O)CCCc3ccccc32)CC1. The van der Waals surface area contributed by atoms with Gasteiger partial charge in [-0.05, 0) is 55.1 Å². The lowest BCUT2D eigenvalue weighted by Gasteiger charge is -2.43. The maximum Gasteiger partial charge on any atom is 0.0927 e. The van der Waals surface area contributed by atoms with Gasteiger partial charge in [-0.25, -0.2) is 0 Å². The third kappa shape index (κ3) is 1.99. The Balaban J connectivity index is 1.91. The summed E-state index contributed by atoms with van der Waals surface area (Å²) < 4.78 is 0. The van der Waals surface area contributed by atoms with Gasteiger partial charge in [0.1, 0.15) is 0 Å². The third-order valence-electron chi connectivity index (χ3n) is 5.18. The van der Waals surface area contributed by atoms with Crippen molar-refractivity contribution in [3.05, 3.63) is 35.4 Å². The minimum Gasteiger partial charge on any atom is -0.385 e. The predicted octanol–water partition coefficient (Wildman–Crippen LogP) is 4.04. The molecule has 0 amide bonds. The van der Waals surface area contributed by atoms with Crippen molar-refractivity contribution in [1.29, 1.82) is 0 Å². The van der Waals surface area contributed by atoms with Crippen molar-refractivity contribution in [2.75, 3.05) is 0 Å². The van der Waals surface area contributed by atoms with E-state index in [0.29, 0.717) is 5.92 Å². The fraction of sp³-hybridized carbons (Fsp3) is 0.647. The molecule has 1 unspecified atom stereocenters. The standard InChI is InChI=1S/C17H24O/c1-13-8-10-15(11-9-13)17(18)12-4-6-14-5-2-3-7-16(14)17/h2-3,5,7,13,15,18H,4,6,8-12H2,1H3. The molecule has 1 nitrogen and oxygen atoms in total. The summed E-state index contributed by atoms with van der Waals surface area (Å²) in [5, 5.41) is 11.2. The van der Waals surface area contributed by atoms with Gasteiger partial charge < -0.3 is 5.11 Å². The van der Waals surface area contributed by atoms with Gasteiger partial charge in [0.15, 0.2) is 0 Å². The van der Waals surface area contributed by atoms with Crippen LogP contribution in [-0.2, 0) is 12.0 Å². The van der Waals surface area contributed by atoms with Gasteiger partial charge in [-0.15, -0.1) is 0 Å². The molecule has 0 spiro atoms. The van der Waals surface area contributed by atoms with Crippen molar-refractivity contribution in [3.8, 4) is 0 Å². The zero-order valence-electron chi connectivity index (χ0n) is 11.4. The number of hydrogen-bond donors (Lipinski definition) is 1. The van der Waals surface area contributed by atoms with Crippen LogP contribution in [0.5, 0.6) is 0 Å². The Kier molecular flexibility index (Phi) is 3.19. The van der Waals surface area contributed by atoms with E-state index in [4.69, 9.17) is 0 Å². The largest absolute Gasteiger partial charge is 0.385 e. The van der Waals surface area contributed by atoms with Crippen LogP contribution in [0.2, 0.25) is 0 Å². The number of aliphatic hydroxyl groups is 1. The minimum atomic E-state index is -0.533. The third-order valence-corrected chi connectivity index (χ3v) is 5.18. The van der Waals surface area contributed by atoms with Gasteiger partial charge >= 0.3 is 0 Å². The molecular formula is C17H24O.